The average Bonchev–Trinajstić information content (AvgIpc) is 3.98. The van der Waals surface area contributed by atoms with Gasteiger partial charge in [0.15, 0.2) is 22.7 Å². The van der Waals surface area contributed by atoms with Gasteiger partial charge in [-0.15, -0.1) is 0 Å². The van der Waals surface area contributed by atoms with Crippen LogP contribution in [0.4, 0.5) is 34.1 Å². The Morgan fingerprint density at radius 1 is 0.304 bits per heavy atom. The Kier molecular flexibility index (Phi) is 8.06. The summed E-state index contributed by atoms with van der Waals surface area (Å²) >= 11 is 0. The van der Waals surface area contributed by atoms with Crippen LogP contribution in [0.25, 0.3) is 65.4 Å². The molecule has 0 amide bonds. The van der Waals surface area contributed by atoms with E-state index in [1.54, 1.807) is 0 Å². The molecular weight excluding hydrogens is 848 g/mol. The van der Waals surface area contributed by atoms with Gasteiger partial charge in [0.25, 0.3) is 6.71 Å². The van der Waals surface area contributed by atoms with Crippen LogP contribution >= 0.6 is 0 Å². The number of nitrogens with zero attached hydrogens (tertiary/aromatic N) is 2. The molecule has 6 nitrogen and oxygen atoms in total. The minimum absolute atomic E-state index is 0.187. The Balaban J connectivity index is 0.856. The first-order chi connectivity index (χ1) is 34.2. The van der Waals surface area contributed by atoms with E-state index in [1.807, 2.05) is 30.3 Å². The molecule has 2 aliphatic heterocycles. The lowest BCUT2D eigenvalue weighted by atomic mass is 9.35. The second-order valence-corrected chi connectivity index (χ2v) is 18.0. The van der Waals surface area contributed by atoms with Gasteiger partial charge in [-0.25, -0.2) is 0 Å². The third-order valence-electron chi connectivity index (χ3n) is 14.1. The zero-order valence-electron chi connectivity index (χ0n) is 37.0. The van der Waals surface area contributed by atoms with Crippen LogP contribution in [0.3, 0.4) is 0 Å². The number of furan rings is 2. The van der Waals surface area contributed by atoms with E-state index in [9.17, 15) is 0 Å². The molecule has 11 aromatic carbocycles. The molecule has 4 heterocycles. The molecule has 13 aromatic rings. The summed E-state index contributed by atoms with van der Waals surface area (Å²) in [6, 6.07) is 79.0. The zero-order chi connectivity index (χ0) is 45.2. The van der Waals surface area contributed by atoms with Crippen molar-refractivity contribution in [2.45, 2.75) is 0 Å². The van der Waals surface area contributed by atoms with Gasteiger partial charge in [-0.2, -0.15) is 0 Å². The summed E-state index contributed by atoms with van der Waals surface area (Å²) in [6.07, 6.45) is 0. The molecule has 7 heteroatoms. The van der Waals surface area contributed by atoms with E-state index in [-0.39, 0.29) is 6.71 Å². The van der Waals surface area contributed by atoms with Crippen molar-refractivity contribution in [3.05, 3.63) is 224 Å². The minimum Gasteiger partial charge on any atom is -0.454 e. The maximum absolute atomic E-state index is 6.95. The van der Waals surface area contributed by atoms with Crippen molar-refractivity contribution >= 4 is 123 Å². The Hall–Kier alpha value is -9.20. The van der Waals surface area contributed by atoms with Crippen molar-refractivity contribution in [1.29, 1.82) is 0 Å². The highest BCUT2D eigenvalue weighted by atomic mass is 16.5. The Labute approximate surface area is 396 Å². The third-order valence-corrected chi connectivity index (χ3v) is 14.1. The Morgan fingerprint density at radius 2 is 0.710 bits per heavy atom. The molecule has 2 aliphatic rings. The van der Waals surface area contributed by atoms with Crippen LogP contribution in [-0.2, 0) is 0 Å². The van der Waals surface area contributed by atoms with Crippen molar-refractivity contribution < 1.29 is 18.3 Å². The van der Waals surface area contributed by atoms with Crippen LogP contribution < -0.4 is 35.7 Å². The molecule has 0 bridgehead atoms. The summed E-state index contributed by atoms with van der Waals surface area (Å²) in [7, 11) is 0. The normalized spacial score (nSPS) is 12.6. The summed E-state index contributed by atoms with van der Waals surface area (Å²) in [5.74, 6) is 2.93. The largest absolute Gasteiger partial charge is 0.454 e. The van der Waals surface area contributed by atoms with Crippen molar-refractivity contribution in [2.24, 2.45) is 0 Å². The first-order valence-electron chi connectivity index (χ1n) is 23.3. The van der Waals surface area contributed by atoms with Crippen molar-refractivity contribution in [3.8, 4) is 23.0 Å². The number of hydrogen-bond acceptors (Lipinski definition) is 6. The van der Waals surface area contributed by atoms with E-state index in [0.29, 0.717) is 22.7 Å². The highest BCUT2D eigenvalue weighted by Gasteiger charge is 2.42. The monoisotopic (exact) mass is 884 g/mol. The fourth-order valence-corrected chi connectivity index (χ4v) is 10.9. The van der Waals surface area contributed by atoms with Gasteiger partial charge >= 0.3 is 0 Å². The standard InChI is InChI=1S/C62H37BN2O4/c1-3-16-42(17-4-1)64(44-24-22-38-12-7-9-14-40(38)34-44)46-26-28-48-50-30-32-52-61(59(50)68-56(48)36-46)66-54-20-11-21-55-58(54)63(52)53-33-31-51-49-29-27-47(37-57(49)69-60(51)62(53)67-55)65(43-18-5-2-6-19-43)45-25-23-39-13-8-10-15-41(39)35-45/h1-37H. The van der Waals surface area contributed by atoms with Gasteiger partial charge in [0.1, 0.15) is 22.7 Å². The second-order valence-electron chi connectivity index (χ2n) is 18.0. The van der Waals surface area contributed by atoms with Gasteiger partial charge in [0, 0.05) is 73.3 Å². The second kappa shape index (κ2) is 14.7. The summed E-state index contributed by atoms with van der Waals surface area (Å²) in [4.78, 5) is 4.57. The van der Waals surface area contributed by atoms with Gasteiger partial charge in [0.2, 0.25) is 0 Å². The molecular formula is C62H37BN2O4. The van der Waals surface area contributed by atoms with Crippen LogP contribution in [0.5, 0.6) is 23.0 Å². The number of para-hydroxylation sites is 2. The number of ether oxygens (including phenoxy) is 2. The molecule has 0 saturated heterocycles. The molecule has 0 fully saturated rings. The number of hydrogen-bond donors (Lipinski definition) is 0. The van der Waals surface area contributed by atoms with Crippen LogP contribution in [0.1, 0.15) is 0 Å². The van der Waals surface area contributed by atoms with Crippen molar-refractivity contribution in [3.63, 3.8) is 0 Å². The average molecular weight is 885 g/mol. The first kappa shape index (κ1) is 38.0. The summed E-state index contributed by atoms with van der Waals surface area (Å²) in [5, 5.41) is 8.80. The SMILES string of the molecule is c1ccc(N(c2ccc3ccccc3c2)c2ccc3c(c2)oc2c4c(ccc23)B2c3ccc5c(oc6cc(N(c7ccccc7)c7ccc8ccccc8c7)ccc65)c3Oc3cccc(c32)O4)cc1. The number of anilines is 6. The zero-order valence-corrected chi connectivity index (χ0v) is 37.0. The Bertz CT molecular complexity index is 3970. The molecule has 15 rings (SSSR count). The smallest absolute Gasteiger partial charge is 0.261 e. The van der Waals surface area contributed by atoms with Gasteiger partial charge in [-0.3, -0.25) is 0 Å². The minimum atomic E-state index is -0.187. The fraction of sp³-hybridized carbons (Fsp3) is 0. The van der Waals surface area contributed by atoms with Gasteiger partial charge in [-0.05, 0) is 117 Å². The predicted octanol–water partition coefficient (Wildman–Crippen LogP) is 15.5. The topological polar surface area (TPSA) is 51.2 Å². The summed E-state index contributed by atoms with van der Waals surface area (Å²) < 4.78 is 27.7. The number of fused-ring (bicyclic) bond motifs is 14. The molecule has 0 saturated carbocycles. The number of rotatable bonds is 6. The van der Waals surface area contributed by atoms with E-state index in [2.05, 4.69) is 204 Å². The van der Waals surface area contributed by atoms with Gasteiger partial charge < -0.3 is 28.1 Å². The Morgan fingerprint density at radius 3 is 1.19 bits per heavy atom. The fourth-order valence-electron chi connectivity index (χ4n) is 10.9. The molecule has 0 unspecified atom stereocenters. The van der Waals surface area contributed by atoms with E-state index < -0.39 is 0 Å². The molecule has 69 heavy (non-hydrogen) atoms. The molecule has 0 aliphatic carbocycles. The number of benzene rings is 11. The molecule has 0 atom stereocenters. The highest BCUT2D eigenvalue weighted by molar-refractivity contribution is 6.98. The third kappa shape index (κ3) is 5.80. The summed E-state index contributed by atoms with van der Waals surface area (Å²) in [5.41, 5.74) is 12.3. The molecule has 2 aromatic heterocycles. The lowest BCUT2D eigenvalue weighted by Crippen LogP contribution is -2.57. The van der Waals surface area contributed by atoms with Gasteiger partial charge in [0.05, 0.1) is 0 Å². The van der Waals surface area contributed by atoms with Crippen LogP contribution in [0, 0.1) is 0 Å². The van der Waals surface area contributed by atoms with Gasteiger partial charge in [-0.1, -0.05) is 127 Å². The van der Waals surface area contributed by atoms with Crippen molar-refractivity contribution in [2.75, 3.05) is 9.80 Å². The maximum atomic E-state index is 6.95. The molecule has 0 radical (unpaired) electrons. The van der Waals surface area contributed by atoms with Crippen molar-refractivity contribution in [1.82, 2.24) is 0 Å². The molecule has 0 spiro atoms. The maximum Gasteiger partial charge on any atom is 0.261 e. The van der Waals surface area contributed by atoms with Crippen LogP contribution in [0.15, 0.2) is 233 Å². The molecule has 0 N–H and O–H groups in total. The van der Waals surface area contributed by atoms with E-state index in [1.165, 1.54) is 21.5 Å². The van der Waals surface area contributed by atoms with Crippen LogP contribution in [0.2, 0.25) is 0 Å². The quantitative estimate of drug-likeness (QED) is 0.155. The lowest BCUT2D eigenvalue weighted by molar-refractivity contribution is 0.459. The first-order valence-corrected chi connectivity index (χ1v) is 23.3. The predicted molar refractivity (Wildman–Crippen MR) is 283 cm³/mol. The lowest BCUT2D eigenvalue weighted by Gasteiger charge is -2.32. The van der Waals surface area contributed by atoms with E-state index in [4.69, 9.17) is 18.3 Å². The van der Waals surface area contributed by atoms with E-state index in [0.717, 1.165) is 94.7 Å². The molecule has 322 valence electrons. The van der Waals surface area contributed by atoms with Crippen LogP contribution in [-0.4, -0.2) is 6.71 Å². The van der Waals surface area contributed by atoms with E-state index >= 15 is 0 Å². The highest BCUT2D eigenvalue weighted by Crippen LogP contribution is 2.46. The summed E-state index contributed by atoms with van der Waals surface area (Å²) in [6.45, 7) is -0.187.